The Morgan fingerprint density at radius 3 is 2.80 bits per heavy atom. The molecule has 0 saturated heterocycles. The molecule has 2 N–H and O–H groups in total. The van der Waals surface area contributed by atoms with Crippen LogP contribution < -0.4 is 10.6 Å². The van der Waals surface area contributed by atoms with Crippen LogP contribution in [0.1, 0.15) is 32.1 Å². The first-order chi connectivity index (χ1) is 9.60. The molecule has 0 fully saturated rings. The first-order valence-corrected chi connectivity index (χ1v) is 8.04. The van der Waals surface area contributed by atoms with Gasteiger partial charge in [0, 0.05) is 43.6 Å². The Kier molecular flexibility index (Phi) is 7.62. The quantitative estimate of drug-likeness (QED) is 0.440. The van der Waals surface area contributed by atoms with E-state index in [0.29, 0.717) is 0 Å². The van der Waals surface area contributed by atoms with E-state index in [0.717, 1.165) is 38.7 Å². The molecule has 0 aliphatic rings. The zero-order chi connectivity index (χ0) is 14.8. The minimum Gasteiger partial charge on any atom is -0.382 e. The highest BCUT2D eigenvalue weighted by molar-refractivity contribution is 7.10. The molecule has 0 unspecified atom stereocenters. The Balaban J connectivity index is 2.31. The molecule has 4 nitrogen and oxygen atoms in total. The SMILES string of the molecule is CCOCCCNC(=NC)NCC(C)(C)c1cccs1. The van der Waals surface area contributed by atoms with Crippen LogP contribution in [-0.2, 0) is 10.2 Å². The molecule has 1 aromatic rings. The van der Waals surface area contributed by atoms with Gasteiger partial charge in [-0.05, 0) is 24.8 Å². The standard InChI is InChI=1S/C15H27N3OS/c1-5-19-10-7-9-17-14(16-4)18-12-15(2,3)13-8-6-11-20-13/h6,8,11H,5,7,9-10,12H2,1-4H3,(H2,16,17,18). The molecule has 0 spiro atoms. The fraction of sp³-hybridized carbons (Fsp3) is 0.667. The summed E-state index contributed by atoms with van der Waals surface area (Å²) in [6, 6.07) is 4.28. The molecule has 0 aliphatic carbocycles. The van der Waals surface area contributed by atoms with Crippen molar-refractivity contribution in [2.24, 2.45) is 4.99 Å². The summed E-state index contributed by atoms with van der Waals surface area (Å²) in [5.41, 5.74) is 0.108. The van der Waals surface area contributed by atoms with Crippen LogP contribution in [0.3, 0.4) is 0 Å². The third kappa shape index (κ3) is 5.92. The number of aliphatic imine (C=N–C) groups is 1. The Hall–Kier alpha value is -1.07. The zero-order valence-corrected chi connectivity index (χ0v) is 13.8. The number of hydrogen-bond acceptors (Lipinski definition) is 3. The third-order valence-corrected chi connectivity index (χ3v) is 4.31. The van der Waals surface area contributed by atoms with Crippen molar-refractivity contribution in [3.8, 4) is 0 Å². The number of ether oxygens (including phenoxy) is 1. The van der Waals surface area contributed by atoms with Gasteiger partial charge in [-0.15, -0.1) is 11.3 Å². The second kappa shape index (κ2) is 8.97. The molecular weight excluding hydrogens is 270 g/mol. The summed E-state index contributed by atoms with van der Waals surface area (Å²) in [4.78, 5) is 5.63. The maximum Gasteiger partial charge on any atom is 0.191 e. The molecule has 5 heteroatoms. The molecule has 20 heavy (non-hydrogen) atoms. The average Bonchev–Trinajstić information content (AvgIpc) is 2.97. The van der Waals surface area contributed by atoms with Crippen LogP contribution in [0, 0.1) is 0 Å². The number of guanidine groups is 1. The van der Waals surface area contributed by atoms with Crippen molar-refractivity contribution in [1.82, 2.24) is 10.6 Å². The predicted octanol–water partition coefficient (Wildman–Crippen LogP) is 2.62. The van der Waals surface area contributed by atoms with Crippen molar-refractivity contribution in [3.05, 3.63) is 22.4 Å². The number of thiophene rings is 1. The lowest BCUT2D eigenvalue weighted by atomic mass is 9.91. The van der Waals surface area contributed by atoms with Gasteiger partial charge in [0.2, 0.25) is 0 Å². The number of nitrogens with one attached hydrogen (secondary N) is 2. The molecule has 1 rings (SSSR count). The summed E-state index contributed by atoms with van der Waals surface area (Å²) in [6.45, 7) is 9.81. The Bertz CT molecular complexity index is 388. The fourth-order valence-corrected chi connectivity index (χ4v) is 2.65. The molecule has 0 aliphatic heterocycles. The van der Waals surface area contributed by atoms with Crippen LogP contribution in [-0.4, -0.2) is 39.3 Å². The Labute approximate surface area is 126 Å². The van der Waals surface area contributed by atoms with Gasteiger partial charge < -0.3 is 15.4 Å². The summed E-state index contributed by atoms with van der Waals surface area (Å²) in [7, 11) is 1.80. The van der Waals surface area contributed by atoms with Gasteiger partial charge in [-0.1, -0.05) is 19.9 Å². The van der Waals surface area contributed by atoms with E-state index in [2.05, 4.69) is 47.0 Å². The van der Waals surface area contributed by atoms with Crippen LogP contribution in [0.4, 0.5) is 0 Å². The molecule has 0 aromatic carbocycles. The largest absolute Gasteiger partial charge is 0.382 e. The van der Waals surface area contributed by atoms with Crippen molar-refractivity contribution in [3.63, 3.8) is 0 Å². The summed E-state index contributed by atoms with van der Waals surface area (Å²) in [5, 5.41) is 8.82. The second-order valence-electron chi connectivity index (χ2n) is 5.26. The molecular formula is C15H27N3OS. The fourth-order valence-electron chi connectivity index (χ4n) is 1.80. The molecule has 0 atom stereocenters. The lowest BCUT2D eigenvalue weighted by Crippen LogP contribution is -2.43. The summed E-state index contributed by atoms with van der Waals surface area (Å²) >= 11 is 1.80. The van der Waals surface area contributed by atoms with E-state index < -0.39 is 0 Å². The molecule has 0 radical (unpaired) electrons. The molecule has 1 aromatic heterocycles. The van der Waals surface area contributed by atoms with Gasteiger partial charge in [0.05, 0.1) is 0 Å². The van der Waals surface area contributed by atoms with Gasteiger partial charge in [-0.25, -0.2) is 0 Å². The highest BCUT2D eigenvalue weighted by Gasteiger charge is 2.21. The van der Waals surface area contributed by atoms with Gasteiger partial charge in [0.25, 0.3) is 0 Å². The van der Waals surface area contributed by atoms with Crippen molar-refractivity contribution in [1.29, 1.82) is 0 Å². The van der Waals surface area contributed by atoms with E-state index in [1.54, 1.807) is 18.4 Å². The Morgan fingerprint density at radius 1 is 1.40 bits per heavy atom. The summed E-state index contributed by atoms with van der Waals surface area (Å²) < 4.78 is 5.31. The average molecular weight is 297 g/mol. The van der Waals surface area contributed by atoms with Crippen molar-refractivity contribution in [2.75, 3.05) is 33.4 Å². The number of hydrogen-bond donors (Lipinski definition) is 2. The first-order valence-electron chi connectivity index (χ1n) is 7.16. The second-order valence-corrected chi connectivity index (χ2v) is 6.21. The van der Waals surface area contributed by atoms with Gasteiger partial charge in [-0.2, -0.15) is 0 Å². The molecule has 0 bridgehead atoms. The predicted molar refractivity (Wildman–Crippen MR) is 87.8 cm³/mol. The van der Waals surface area contributed by atoms with Crippen LogP contribution in [0.2, 0.25) is 0 Å². The summed E-state index contributed by atoms with van der Waals surface area (Å²) in [5.74, 6) is 0.853. The molecule has 1 heterocycles. The maximum absolute atomic E-state index is 5.31. The lowest BCUT2D eigenvalue weighted by molar-refractivity contribution is 0.145. The van der Waals surface area contributed by atoms with E-state index in [-0.39, 0.29) is 5.41 Å². The number of rotatable bonds is 8. The van der Waals surface area contributed by atoms with E-state index in [1.165, 1.54) is 4.88 Å². The smallest absolute Gasteiger partial charge is 0.191 e. The normalized spacial score (nSPS) is 12.5. The van der Waals surface area contributed by atoms with Crippen molar-refractivity contribution < 1.29 is 4.74 Å². The minimum atomic E-state index is 0.108. The molecule has 114 valence electrons. The lowest BCUT2D eigenvalue weighted by Gasteiger charge is -2.25. The van der Waals surface area contributed by atoms with E-state index in [1.807, 2.05) is 6.92 Å². The van der Waals surface area contributed by atoms with Gasteiger partial charge >= 0.3 is 0 Å². The maximum atomic E-state index is 5.31. The van der Waals surface area contributed by atoms with Crippen LogP contribution in [0.15, 0.2) is 22.5 Å². The Morgan fingerprint density at radius 2 is 2.20 bits per heavy atom. The van der Waals surface area contributed by atoms with E-state index in [9.17, 15) is 0 Å². The molecule has 0 amide bonds. The highest BCUT2D eigenvalue weighted by atomic mass is 32.1. The third-order valence-electron chi connectivity index (χ3n) is 3.07. The summed E-state index contributed by atoms with van der Waals surface area (Å²) in [6.07, 6.45) is 0.989. The van der Waals surface area contributed by atoms with Crippen molar-refractivity contribution in [2.45, 2.75) is 32.6 Å². The number of nitrogens with zero attached hydrogens (tertiary/aromatic N) is 1. The van der Waals surface area contributed by atoms with Crippen LogP contribution in [0.25, 0.3) is 0 Å². The highest BCUT2D eigenvalue weighted by Crippen LogP contribution is 2.26. The van der Waals surface area contributed by atoms with Gasteiger partial charge in [0.1, 0.15) is 0 Å². The van der Waals surface area contributed by atoms with E-state index in [4.69, 9.17) is 4.74 Å². The molecule has 0 saturated carbocycles. The van der Waals surface area contributed by atoms with Gasteiger partial charge in [0.15, 0.2) is 5.96 Å². The van der Waals surface area contributed by atoms with Crippen LogP contribution >= 0.6 is 11.3 Å². The van der Waals surface area contributed by atoms with Gasteiger partial charge in [-0.3, -0.25) is 4.99 Å². The zero-order valence-electron chi connectivity index (χ0n) is 13.0. The van der Waals surface area contributed by atoms with Crippen LogP contribution in [0.5, 0.6) is 0 Å². The minimum absolute atomic E-state index is 0.108. The van der Waals surface area contributed by atoms with Crippen molar-refractivity contribution >= 4 is 17.3 Å². The monoisotopic (exact) mass is 297 g/mol. The first kappa shape index (κ1) is 17.0. The topological polar surface area (TPSA) is 45.6 Å². The van der Waals surface area contributed by atoms with E-state index >= 15 is 0 Å².